The smallest absolute Gasteiger partial charge is 0.267 e. The van der Waals surface area contributed by atoms with Crippen molar-refractivity contribution in [1.29, 1.82) is 0 Å². The molecule has 0 aliphatic rings. The number of aryl methyl sites for hydroxylation is 1. The predicted octanol–water partition coefficient (Wildman–Crippen LogP) is 4.51. The molecule has 2 aromatic heterocycles. The first-order chi connectivity index (χ1) is 13.6. The summed E-state index contributed by atoms with van der Waals surface area (Å²) < 4.78 is 5.13. The van der Waals surface area contributed by atoms with E-state index in [1.54, 1.807) is 31.4 Å². The van der Waals surface area contributed by atoms with E-state index in [-0.39, 0.29) is 5.91 Å². The summed E-state index contributed by atoms with van der Waals surface area (Å²) in [6.07, 6.45) is 0. The van der Waals surface area contributed by atoms with Gasteiger partial charge in [0.15, 0.2) is 5.82 Å². The van der Waals surface area contributed by atoms with Crippen LogP contribution in [0.3, 0.4) is 0 Å². The van der Waals surface area contributed by atoms with Gasteiger partial charge in [-0.15, -0.1) is 11.3 Å². The van der Waals surface area contributed by atoms with Crippen molar-refractivity contribution >= 4 is 38.8 Å². The first-order valence-electron chi connectivity index (χ1n) is 8.64. The zero-order chi connectivity index (χ0) is 19.7. The van der Waals surface area contributed by atoms with E-state index in [1.807, 2.05) is 37.3 Å². The maximum absolute atomic E-state index is 12.8. The highest BCUT2D eigenvalue weighted by Gasteiger charge is 2.20. The number of nitrogen functional groups attached to an aromatic ring is 1. The van der Waals surface area contributed by atoms with Crippen LogP contribution in [-0.2, 0) is 0 Å². The molecule has 4 rings (SSSR count). The van der Waals surface area contributed by atoms with Gasteiger partial charge in [-0.05, 0) is 31.2 Å². The average molecular weight is 390 g/mol. The molecule has 0 bridgehead atoms. The van der Waals surface area contributed by atoms with Gasteiger partial charge in [-0.25, -0.2) is 9.97 Å². The minimum atomic E-state index is -0.272. The Morgan fingerprint density at radius 2 is 1.79 bits per heavy atom. The largest absolute Gasteiger partial charge is 0.497 e. The van der Waals surface area contributed by atoms with Gasteiger partial charge in [0.1, 0.15) is 15.5 Å². The van der Waals surface area contributed by atoms with Crippen molar-refractivity contribution in [3.8, 4) is 17.1 Å². The minimum absolute atomic E-state index is 0.272. The Morgan fingerprint density at radius 1 is 1.07 bits per heavy atom. The molecule has 28 heavy (non-hydrogen) atoms. The number of nitrogens with two attached hydrogens (primary N) is 1. The number of nitrogens with one attached hydrogen (secondary N) is 1. The monoisotopic (exact) mass is 390 g/mol. The summed E-state index contributed by atoms with van der Waals surface area (Å²) in [5.41, 5.74) is 9.02. The van der Waals surface area contributed by atoms with E-state index in [4.69, 9.17) is 10.5 Å². The van der Waals surface area contributed by atoms with E-state index >= 15 is 0 Å². The molecule has 7 heteroatoms. The topological polar surface area (TPSA) is 90.1 Å². The second-order valence-electron chi connectivity index (χ2n) is 6.21. The Bertz CT molecular complexity index is 1150. The van der Waals surface area contributed by atoms with Crippen LogP contribution in [0.15, 0.2) is 54.6 Å². The van der Waals surface area contributed by atoms with Crippen LogP contribution in [0.25, 0.3) is 21.6 Å². The number of hydrogen-bond acceptors (Lipinski definition) is 6. The summed E-state index contributed by atoms with van der Waals surface area (Å²) >= 11 is 1.27. The number of carbonyl (C=O) groups excluding carboxylic acids is 1. The molecule has 0 spiro atoms. The fourth-order valence-corrected chi connectivity index (χ4v) is 3.98. The van der Waals surface area contributed by atoms with E-state index in [0.717, 1.165) is 22.4 Å². The number of anilines is 2. The highest BCUT2D eigenvalue weighted by molar-refractivity contribution is 7.21. The normalized spacial score (nSPS) is 10.8. The zero-order valence-electron chi connectivity index (χ0n) is 15.4. The Hall–Kier alpha value is -3.45. The van der Waals surface area contributed by atoms with Crippen molar-refractivity contribution in [3.05, 3.63) is 65.2 Å². The van der Waals surface area contributed by atoms with Crippen LogP contribution in [0, 0.1) is 6.92 Å². The third-order valence-electron chi connectivity index (χ3n) is 4.36. The quantitative estimate of drug-likeness (QED) is 0.535. The molecule has 2 heterocycles. The third-order valence-corrected chi connectivity index (χ3v) is 5.45. The van der Waals surface area contributed by atoms with Crippen LogP contribution in [0.1, 0.15) is 15.4 Å². The summed E-state index contributed by atoms with van der Waals surface area (Å²) in [6.45, 7) is 1.88. The van der Waals surface area contributed by atoms with Gasteiger partial charge in [-0.3, -0.25) is 4.79 Å². The Morgan fingerprint density at radius 3 is 2.46 bits per heavy atom. The van der Waals surface area contributed by atoms with Gasteiger partial charge in [-0.2, -0.15) is 0 Å². The van der Waals surface area contributed by atoms with Crippen LogP contribution in [0.2, 0.25) is 0 Å². The van der Waals surface area contributed by atoms with E-state index in [2.05, 4.69) is 15.3 Å². The number of carbonyl (C=O) groups is 1. The van der Waals surface area contributed by atoms with Gasteiger partial charge >= 0.3 is 0 Å². The molecule has 4 aromatic rings. The fraction of sp³-hybridized carbons (Fsp3) is 0.0952. The second kappa shape index (κ2) is 7.28. The molecular formula is C21H18N4O2S. The van der Waals surface area contributed by atoms with Crippen molar-refractivity contribution in [2.75, 3.05) is 18.2 Å². The lowest BCUT2D eigenvalue weighted by Gasteiger charge is -2.06. The van der Waals surface area contributed by atoms with Gasteiger partial charge in [0.2, 0.25) is 0 Å². The first-order valence-corrected chi connectivity index (χ1v) is 9.46. The molecule has 0 aliphatic heterocycles. The van der Waals surface area contributed by atoms with Crippen molar-refractivity contribution in [3.63, 3.8) is 0 Å². The number of ether oxygens (including phenoxy) is 1. The molecule has 0 fully saturated rings. The lowest BCUT2D eigenvalue weighted by Crippen LogP contribution is -2.11. The number of rotatable bonds is 4. The van der Waals surface area contributed by atoms with Gasteiger partial charge < -0.3 is 15.8 Å². The molecule has 0 aliphatic carbocycles. The van der Waals surface area contributed by atoms with E-state index in [1.165, 1.54) is 11.3 Å². The lowest BCUT2D eigenvalue weighted by molar-refractivity contribution is 0.103. The van der Waals surface area contributed by atoms with E-state index < -0.39 is 0 Å². The van der Waals surface area contributed by atoms with Crippen LogP contribution in [0.4, 0.5) is 11.4 Å². The second-order valence-corrected chi connectivity index (χ2v) is 7.21. The number of methoxy groups -OCH3 is 1. The number of thiophene rings is 1. The number of aromatic nitrogens is 2. The van der Waals surface area contributed by atoms with Gasteiger partial charge in [-0.1, -0.05) is 30.3 Å². The minimum Gasteiger partial charge on any atom is -0.497 e. The fourth-order valence-electron chi connectivity index (χ4n) is 2.94. The van der Waals surface area contributed by atoms with E-state index in [9.17, 15) is 4.79 Å². The van der Waals surface area contributed by atoms with Gasteiger partial charge in [0.05, 0.1) is 23.9 Å². The summed E-state index contributed by atoms with van der Waals surface area (Å²) in [5.74, 6) is 1.07. The Kier molecular flexibility index (Phi) is 4.67. The van der Waals surface area contributed by atoms with Crippen molar-refractivity contribution in [2.24, 2.45) is 0 Å². The molecular weight excluding hydrogens is 372 g/mol. The molecule has 6 nitrogen and oxygen atoms in total. The predicted molar refractivity (Wildman–Crippen MR) is 113 cm³/mol. The highest BCUT2D eigenvalue weighted by Crippen LogP contribution is 2.35. The van der Waals surface area contributed by atoms with Crippen molar-refractivity contribution in [1.82, 2.24) is 9.97 Å². The number of amides is 1. The first kappa shape index (κ1) is 17.9. The molecule has 0 saturated heterocycles. The molecule has 3 N–H and O–H groups in total. The van der Waals surface area contributed by atoms with Crippen molar-refractivity contribution in [2.45, 2.75) is 6.92 Å². The number of fused-ring (bicyclic) bond motifs is 1. The lowest BCUT2D eigenvalue weighted by atomic mass is 10.2. The summed E-state index contributed by atoms with van der Waals surface area (Å²) in [7, 11) is 1.60. The zero-order valence-corrected chi connectivity index (χ0v) is 16.2. The van der Waals surface area contributed by atoms with Crippen LogP contribution < -0.4 is 15.8 Å². The summed E-state index contributed by atoms with van der Waals surface area (Å²) in [6, 6.07) is 16.8. The molecule has 140 valence electrons. The van der Waals surface area contributed by atoms with Crippen LogP contribution >= 0.6 is 11.3 Å². The molecule has 0 radical (unpaired) electrons. The summed E-state index contributed by atoms with van der Waals surface area (Å²) in [4.78, 5) is 23.1. The Balaban J connectivity index is 1.70. The van der Waals surface area contributed by atoms with Crippen molar-refractivity contribution < 1.29 is 9.53 Å². The van der Waals surface area contributed by atoms with Crippen LogP contribution in [0.5, 0.6) is 5.75 Å². The highest BCUT2D eigenvalue weighted by atomic mass is 32.1. The Labute approximate surface area is 166 Å². The maximum atomic E-state index is 12.8. The number of hydrogen-bond donors (Lipinski definition) is 2. The molecule has 0 unspecified atom stereocenters. The summed E-state index contributed by atoms with van der Waals surface area (Å²) in [5, 5.41) is 3.59. The molecule has 0 atom stereocenters. The number of benzene rings is 2. The van der Waals surface area contributed by atoms with E-state index in [0.29, 0.717) is 26.9 Å². The third kappa shape index (κ3) is 3.27. The standard InChI is InChI=1S/C21H18N4O2S/c1-12-16-17(22)18(20(26)24-14-8-10-15(27-2)11-9-14)28-21(16)25-19(23-12)13-6-4-3-5-7-13/h3-11H,22H2,1-2H3,(H,24,26). The van der Waals surface area contributed by atoms with Gasteiger partial charge in [0.25, 0.3) is 5.91 Å². The maximum Gasteiger partial charge on any atom is 0.267 e. The molecule has 2 aromatic carbocycles. The molecule has 0 saturated carbocycles. The van der Waals surface area contributed by atoms with Crippen LogP contribution in [-0.4, -0.2) is 23.0 Å². The van der Waals surface area contributed by atoms with Gasteiger partial charge in [0, 0.05) is 11.3 Å². The number of nitrogens with zero attached hydrogens (tertiary/aromatic N) is 2. The SMILES string of the molecule is COc1ccc(NC(=O)c2sc3nc(-c4ccccc4)nc(C)c3c2N)cc1. The molecule has 1 amide bonds. The average Bonchev–Trinajstić information content (AvgIpc) is 3.06.